The largest absolute Gasteiger partial charge is 0.347 e. The summed E-state index contributed by atoms with van der Waals surface area (Å²) in [4.78, 5) is 18.0. The summed E-state index contributed by atoms with van der Waals surface area (Å²) in [6.07, 6.45) is 0. The van der Waals surface area contributed by atoms with Crippen LogP contribution >= 0.6 is 11.3 Å². The summed E-state index contributed by atoms with van der Waals surface area (Å²) in [7, 11) is 0. The highest BCUT2D eigenvalue weighted by Crippen LogP contribution is 2.28. The molecule has 148 valence electrons. The fourth-order valence-corrected chi connectivity index (χ4v) is 3.53. The summed E-state index contributed by atoms with van der Waals surface area (Å²) in [5.41, 5.74) is 0.637. The first-order valence-corrected chi connectivity index (χ1v) is 9.52. The van der Waals surface area contributed by atoms with Crippen LogP contribution in [-0.2, 0) is 6.54 Å². The number of aromatic nitrogens is 2. The van der Waals surface area contributed by atoms with Crippen LogP contribution in [0.25, 0.3) is 22.2 Å². The normalized spacial score (nSPS) is 10.6. The Bertz CT molecular complexity index is 1260. The van der Waals surface area contributed by atoms with Gasteiger partial charge < -0.3 is 9.84 Å². The van der Waals surface area contributed by atoms with Crippen LogP contribution in [0.2, 0.25) is 0 Å². The Hall–Kier alpha value is -3.90. The van der Waals surface area contributed by atoms with E-state index in [9.17, 15) is 13.6 Å². The van der Waals surface area contributed by atoms with Crippen LogP contribution in [0, 0.1) is 23.0 Å². The first-order chi connectivity index (χ1) is 14.5. The average molecular weight is 422 g/mol. The minimum Gasteiger partial charge on any atom is -0.347 e. The number of carbonyl (C=O) groups excluding carboxylic acids is 1. The highest BCUT2D eigenvalue weighted by Gasteiger charge is 2.15. The second kappa shape index (κ2) is 8.23. The molecule has 0 aliphatic heterocycles. The molecule has 0 saturated carbocycles. The van der Waals surface area contributed by atoms with Gasteiger partial charge in [-0.15, -0.1) is 11.3 Å². The van der Waals surface area contributed by atoms with E-state index in [1.165, 1.54) is 35.6 Å². The van der Waals surface area contributed by atoms with Crippen molar-refractivity contribution < 1.29 is 18.1 Å². The van der Waals surface area contributed by atoms with Gasteiger partial charge in [0.25, 0.3) is 11.8 Å². The molecule has 0 saturated heterocycles. The van der Waals surface area contributed by atoms with Gasteiger partial charge in [-0.2, -0.15) is 10.2 Å². The maximum Gasteiger partial charge on any atom is 0.268 e. The van der Waals surface area contributed by atoms with E-state index in [-0.39, 0.29) is 23.5 Å². The lowest BCUT2D eigenvalue weighted by Crippen LogP contribution is -2.23. The van der Waals surface area contributed by atoms with Gasteiger partial charge in [0.05, 0.1) is 28.6 Å². The van der Waals surface area contributed by atoms with Crippen molar-refractivity contribution >= 4 is 17.2 Å². The van der Waals surface area contributed by atoms with Crippen molar-refractivity contribution in [1.82, 2.24) is 15.5 Å². The molecule has 0 radical (unpaired) electrons. The summed E-state index contributed by atoms with van der Waals surface area (Å²) in [5, 5.41) is 15.3. The summed E-state index contributed by atoms with van der Waals surface area (Å²) in [6, 6.07) is 14.8. The van der Waals surface area contributed by atoms with Crippen molar-refractivity contribution in [3.8, 4) is 28.2 Å². The monoisotopic (exact) mass is 422 g/mol. The van der Waals surface area contributed by atoms with Crippen LogP contribution in [0.4, 0.5) is 8.78 Å². The molecule has 0 bridgehead atoms. The zero-order valence-electron chi connectivity index (χ0n) is 15.2. The van der Waals surface area contributed by atoms with Crippen molar-refractivity contribution in [2.45, 2.75) is 6.54 Å². The maximum atomic E-state index is 13.9. The average Bonchev–Trinajstić information content (AvgIpc) is 3.42. The summed E-state index contributed by atoms with van der Waals surface area (Å²) in [5.74, 6) is -1.05. The smallest absolute Gasteiger partial charge is 0.268 e. The van der Waals surface area contributed by atoms with E-state index < -0.39 is 11.7 Å². The second-order valence-corrected chi connectivity index (χ2v) is 7.35. The van der Waals surface area contributed by atoms with E-state index in [0.29, 0.717) is 22.2 Å². The van der Waals surface area contributed by atoms with Gasteiger partial charge in [-0.25, -0.2) is 8.78 Å². The van der Waals surface area contributed by atoms with Crippen molar-refractivity contribution in [3.05, 3.63) is 82.2 Å². The Morgan fingerprint density at radius 2 is 1.93 bits per heavy atom. The Balaban J connectivity index is 1.43. The van der Waals surface area contributed by atoms with Crippen LogP contribution in [0.1, 0.15) is 20.8 Å². The molecule has 1 amide bonds. The first-order valence-electron chi connectivity index (χ1n) is 8.70. The molecule has 0 aliphatic carbocycles. The van der Waals surface area contributed by atoms with Crippen molar-refractivity contribution in [2.75, 3.05) is 0 Å². The number of nitrogens with one attached hydrogen (secondary N) is 1. The predicted molar refractivity (Wildman–Crippen MR) is 105 cm³/mol. The molecule has 0 spiro atoms. The van der Waals surface area contributed by atoms with E-state index in [1.54, 1.807) is 24.3 Å². The lowest BCUT2D eigenvalue weighted by Gasteiger charge is -2.05. The third-order valence-corrected chi connectivity index (χ3v) is 5.24. The van der Waals surface area contributed by atoms with Crippen molar-refractivity contribution in [1.29, 1.82) is 5.26 Å². The molecular formula is C21H12F2N4O2S. The third kappa shape index (κ3) is 4.09. The Kier molecular flexibility index (Phi) is 5.32. The molecule has 0 aliphatic rings. The number of nitriles is 1. The number of thiophene rings is 1. The van der Waals surface area contributed by atoms with Gasteiger partial charge >= 0.3 is 0 Å². The molecule has 0 unspecified atom stereocenters. The molecule has 2 aromatic heterocycles. The Labute approximate surface area is 173 Å². The quantitative estimate of drug-likeness (QED) is 0.510. The standard InChI is InChI=1S/C21H12F2N4O2S/c22-14-4-2-13(3-5-14)19-26-21(29-27-19)18-8-6-15(30-18)11-25-20(28)16-7-1-12(10-24)9-17(16)23/h1-9H,11H2,(H,25,28). The summed E-state index contributed by atoms with van der Waals surface area (Å²) < 4.78 is 32.3. The van der Waals surface area contributed by atoms with Gasteiger partial charge in [-0.1, -0.05) is 5.16 Å². The maximum absolute atomic E-state index is 13.9. The fourth-order valence-electron chi connectivity index (χ4n) is 2.66. The lowest BCUT2D eigenvalue weighted by atomic mass is 10.1. The molecule has 0 atom stereocenters. The van der Waals surface area contributed by atoms with Crippen molar-refractivity contribution in [2.24, 2.45) is 0 Å². The van der Waals surface area contributed by atoms with E-state index in [1.807, 2.05) is 6.07 Å². The minimum absolute atomic E-state index is 0.133. The molecule has 2 aromatic carbocycles. The third-order valence-electron chi connectivity index (χ3n) is 4.17. The SMILES string of the molecule is N#Cc1ccc(C(=O)NCc2ccc(-c3nc(-c4ccc(F)cc4)no3)s2)c(F)c1. The van der Waals surface area contributed by atoms with Gasteiger partial charge in [-0.3, -0.25) is 4.79 Å². The lowest BCUT2D eigenvalue weighted by molar-refractivity contribution is 0.0947. The van der Waals surface area contributed by atoms with Crippen LogP contribution in [0.3, 0.4) is 0 Å². The predicted octanol–water partition coefficient (Wildman–Crippen LogP) is 4.54. The minimum atomic E-state index is -0.752. The number of hydrogen-bond acceptors (Lipinski definition) is 6. The molecule has 6 nitrogen and oxygen atoms in total. The number of amides is 1. The van der Waals surface area contributed by atoms with Gasteiger partial charge in [0, 0.05) is 10.4 Å². The Morgan fingerprint density at radius 1 is 1.13 bits per heavy atom. The number of rotatable bonds is 5. The van der Waals surface area contributed by atoms with Crippen LogP contribution in [-0.4, -0.2) is 16.0 Å². The van der Waals surface area contributed by atoms with Gasteiger partial charge in [-0.05, 0) is 54.6 Å². The molecule has 30 heavy (non-hydrogen) atoms. The van der Waals surface area contributed by atoms with Crippen LogP contribution in [0.15, 0.2) is 59.1 Å². The zero-order valence-corrected chi connectivity index (χ0v) is 16.0. The number of halogens is 2. The zero-order chi connectivity index (χ0) is 21.1. The molecular weight excluding hydrogens is 410 g/mol. The van der Waals surface area contributed by atoms with Crippen LogP contribution < -0.4 is 5.32 Å². The topological polar surface area (TPSA) is 91.8 Å². The van der Waals surface area contributed by atoms with Gasteiger partial charge in [0.15, 0.2) is 0 Å². The highest BCUT2D eigenvalue weighted by molar-refractivity contribution is 7.15. The molecule has 9 heteroatoms. The van der Waals surface area contributed by atoms with E-state index in [0.717, 1.165) is 10.9 Å². The Morgan fingerprint density at radius 3 is 2.67 bits per heavy atom. The number of nitrogens with zero attached hydrogens (tertiary/aromatic N) is 3. The van der Waals surface area contributed by atoms with Crippen molar-refractivity contribution in [3.63, 3.8) is 0 Å². The molecule has 2 heterocycles. The molecule has 0 fully saturated rings. The first kappa shape index (κ1) is 19.4. The van der Waals surface area contributed by atoms with E-state index in [4.69, 9.17) is 9.78 Å². The fraction of sp³-hybridized carbons (Fsp3) is 0.0476. The molecule has 4 rings (SSSR count). The van der Waals surface area contributed by atoms with E-state index >= 15 is 0 Å². The molecule has 4 aromatic rings. The number of benzene rings is 2. The van der Waals surface area contributed by atoms with Gasteiger partial charge in [0.1, 0.15) is 11.6 Å². The second-order valence-electron chi connectivity index (χ2n) is 6.19. The number of hydrogen-bond donors (Lipinski definition) is 1. The van der Waals surface area contributed by atoms with Crippen LogP contribution in [0.5, 0.6) is 0 Å². The number of carbonyl (C=O) groups is 1. The van der Waals surface area contributed by atoms with Gasteiger partial charge in [0.2, 0.25) is 5.82 Å². The molecule has 1 N–H and O–H groups in total. The highest BCUT2D eigenvalue weighted by atomic mass is 32.1. The summed E-state index contributed by atoms with van der Waals surface area (Å²) >= 11 is 1.34. The summed E-state index contributed by atoms with van der Waals surface area (Å²) in [6.45, 7) is 0.182. The van der Waals surface area contributed by atoms with E-state index in [2.05, 4.69) is 15.5 Å².